The number of anilines is 2. The number of nitrogens with zero attached hydrogens (tertiary/aromatic N) is 3. The average molecular weight is 327 g/mol. The van der Waals surface area contributed by atoms with E-state index in [-0.39, 0.29) is 0 Å². The second kappa shape index (κ2) is 5.68. The van der Waals surface area contributed by atoms with Crippen molar-refractivity contribution in [3.05, 3.63) is 42.2 Å². The molecule has 2 aromatic rings. The van der Waals surface area contributed by atoms with Gasteiger partial charge in [-0.15, -0.1) is 0 Å². The van der Waals surface area contributed by atoms with Crippen molar-refractivity contribution in [2.45, 2.75) is 32.5 Å². The molecule has 0 fully saturated rings. The lowest BCUT2D eigenvalue weighted by atomic mass is 10.0. The fourth-order valence-electron chi connectivity index (χ4n) is 2.84. The Bertz CT molecular complexity index is 790. The summed E-state index contributed by atoms with van der Waals surface area (Å²) in [5.74, 6) is 0.517. The van der Waals surface area contributed by atoms with Crippen LogP contribution in [0.2, 0.25) is 0 Å². The zero-order valence-corrected chi connectivity index (χ0v) is 13.9. The summed E-state index contributed by atoms with van der Waals surface area (Å²) in [4.78, 5) is 19.5. The van der Waals surface area contributed by atoms with Crippen molar-refractivity contribution in [2.75, 3.05) is 9.80 Å². The fourth-order valence-corrected chi connectivity index (χ4v) is 2.84. The number of hydrogen-bond donors (Lipinski definition) is 2. The van der Waals surface area contributed by atoms with Crippen LogP contribution in [-0.2, 0) is 0 Å². The number of carbonyl (C=O) groups excluding carboxylic acids is 1. The molecule has 1 aliphatic heterocycles. The summed E-state index contributed by atoms with van der Waals surface area (Å²) < 4.78 is 5.27. The first-order chi connectivity index (χ1) is 11.3. The van der Waals surface area contributed by atoms with Crippen LogP contribution >= 0.6 is 0 Å². The Hall–Kier alpha value is -2.80. The molecule has 2 amide bonds. The second-order valence-electron chi connectivity index (χ2n) is 6.64. The average Bonchev–Trinajstić information content (AvgIpc) is 2.95. The van der Waals surface area contributed by atoms with E-state index in [0.29, 0.717) is 11.6 Å². The van der Waals surface area contributed by atoms with Crippen LogP contribution in [-0.4, -0.2) is 17.9 Å². The van der Waals surface area contributed by atoms with Crippen molar-refractivity contribution in [2.24, 2.45) is 16.5 Å². The maximum Gasteiger partial charge on any atom is 0.319 e. The molecule has 4 N–H and O–H groups in total. The molecule has 1 aromatic carbocycles. The highest BCUT2D eigenvalue weighted by Gasteiger charge is 2.28. The summed E-state index contributed by atoms with van der Waals surface area (Å²) >= 11 is 0. The summed E-state index contributed by atoms with van der Waals surface area (Å²) in [5.41, 5.74) is 13.8. The minimum absolute atomic E-state index is 0.414. The number of rotatable bonds is 2. The largest absolute Gasteiger partial charge is 0.446 e. The van der Waals surface area contributed by atoms with Crippen molar-refractivity contribution in [3.63, 3.8) is 0 Å². The topological polar surface area (TPSA) is 101 Å². The minimum Gasteiger partial charge on any atom is -0.446 e. The maximum atomic E-state index is 11.9. The molecule has 0 radical (unpaired) electrons. The van der Waals surface area contributed by atoms with E-state index in [9.17, 15) is 4.79 Å². The van der Waals surface area contributed by atoms with E-state index in [1.54, 1.807) is 23.6 Å². The Morgan fingerprint density at radius 3 is 2.75 bits per heavy atom. The van der Waals surface area contributed by atoms with Gasteiger partial charge in [0.2, 0.25) is 5.88 Å². The van der Waals surface area contributed by atoms with Crippen molar-refractivity contribution in [3.8, 4) is 0 Å². The Morgan fingerprint density at radius 2 is 2.08 bits per heavy atom. The molecule has 0 saturated heterocycles. The van der Waals surface area contributed by atoms with Gasteiger partial charge in [0.05, 0.1) is 11.8 Å². The molecule has 2 heterocycles. The molecule has 7 heteroatoms. The summed E-state index contributed by atoms with van der Waals surface area (Å²) in [6.45, 7) is 5.78. The van der Waals surface area contributed by atoms with Gasteiger partial charge in [-0.2, -0.15) is 0 Å². The molecule has 3 rings (SSSR count). The molecular weight excluding hydrogens is 306 g/mol. The number of primary amides is 1. The normalized spacial score (nSPS) is 16.8. The van der Waals surface area contributed by atoms with Gasteiger partial charge in [-0.3, -0.25) is 4.90 Å². The smallest absolute Gasteiger partial charge is 0.319 e. The van der Waals surface area contributed by atoms with E-state index in [1.165, 1.54) is 0 Å². The first kappa shape index (κ1) is 16.1. The zero-order chi connectivity index (χ0) is 17.5. The first-order valence-corrected chi connectivity index (χ1v) is 7.64. The van der Waals surface area contributed by atoms with Crippen LogP contribution in [0.5, 0.6) is 0 Å². The van der Waals surface area contributed by atoms with Crippen LogP contribution in [0.25, 0.3) is 0 Å². The van der Waals surface area contributed by atoms with Gasteiger partial charge in [-0.05, 0) is 45.0 Å². The third-order valence-corrected chi connectivity index (χ3v) is 3.87. The summed E-state index contributed by atoms with van der Waals surface area (Å²) in [6, 6.07) is 8.77. The standard InChI is InChI=1S/C17H21N5O2/c1-17(2,3)22(16(19)23)12-6-4-5-11(9-12)21-10-20-15-13(14(21)18)7-8-24-15/h4-10,14H,18H2,1-3H3,(H2,19,23). The number of amides is 2. The Kier molecular flexibility index (Phi) is 3.81. The predicted octanol–water partition coefficient (Wildman–Crippen LogP) is 3.10. The Morgan fingerprint density at radius 1 is 1.33 bits per heavy atom. The van der Waals surface area contributed by atoms with Crippen LogP contribution in [0.4, 0.5) is 22.1 Å². The highest BCUT2D eigenvalue weighted by atomic mass is 16.3. The van der Waals surface area contributed by atoms with Crippen LogP contribution in [0, 0.1) is 0 Å². The number of hydrogen-bond acceptors (Lipinski definition) is 5. The van der Waals surface area contributed by atoms with Crippen LogP contribution in [0.15, 0.2) is 46.0 Å². The van der Waals surface area contributed by atoms with Gasteiger partial charge in [0.25, 0.3) is 0 Å². The molecule has 0 bridgehead atoms. The lowest BCUT2D eigenvalue weighted by Gasteiger charge is -2.35. The third-order valence-electron chi connectivity index (χ3n) is 3.87. The zero-order valence-electron chi connectivity index (χ0n) is 13.9. The highest BCUT2D eigenvalue weighted by molar-refractivity contribution is 5.93. The summed E-state index contributed by atoms with van der Waals surface area (Å²) in [7, 11) is 0. The van der Waals surface area contributed by atoms with Gasteiger partial charge < -0.3 is 20.8 Å². The number of benzene rings is 1. The van der Waals surface area contributed by atoms with E-state index in [1.807, 2.05) is 49.9 Å². The van der Waals surface area contributed by atoms with Gasteiger partial charge in [0, 0.05) is 16.9 Å². The van der Waals surface area contributed by atoms with Crippen molar-refractivity contribution in [1.29, 1.82) is 0 Å². The first-order valence-electron chi connectivity index (χ1n) is 7.64. The number of carbonyl (C=O) groups is 1. The maximum absolute atomic E-state index is 11.9. The molecule has 1 unspecified atom stereocenters. The van der Waals surface area contributed by atoms with E-state index < -0.39 is 17.7 Å². The second-order valence-corrected chi connectivity index (χ2v) is 6.64. The fraction of sp³-hybridized carbons (Fsp3) is 0.294. The Balaban J connectivity index is 1.98. The van der Waals surface area contributed by atoms with E-state index in [2.05, 4.69) is 4.99 Å². The molecular formula is C17H21N5O2. The molecule has 1 aromatic heterocycles. The van der Waals surface area contributed by atoms with E-state index in [0.717, 1.165) is 11.3 Å². The van der Waals surface area contributed by atoms with Crippen LogP contribution < -0.4 is 21.3 Å². The van der Waals surface area contributed by atoms with Gasteiger partial charge in [-0.1, -0.05) is 6.07 Å². The summed E-state index contributed by atoms with van der Waals surface area (Å²) in [6.07, 6.45) is 2.78. The number of nitrogens with two attached hydrogens (primary N) is 2. The van der Waals surface area contributed by atoms with E-state index >= 15 is 0 Å². The van der Waals surface area contributed by atoms with E-state index in [4.69, 9.17) is 15.9 Å². The van der Waals surface area contributed by atoms with Gasteiger partial charge in [0.1, 0.15) is 12.5 Å². The number of fused-ring (bicyclic) bond motifs is 1. The SMILES string of the molecule is CC(C)(C)N(C(N)=O)c1cccc(N2C=Nc3occc3C2N)c1. The monoisotopic (exact) mass is 327 g/mol. The highest BCUT2D eigenvalue weighted by Crippen LogP contribution is 2.35. The molecule has 126 valence electrons. The molecule has 24 heavy (non-hydrogen) atoms. The third kappa shape index (κ3) is 2.74. The van der Waals surface area contributed by atoms with Gasteiger partial charge in [-0.25, -0.2) is 9.79 Å². The quantitative estimate of drug-likeness (QED) is 0.885. The Labute approximate surface area is 140 Å². The molecule has 0 aliphatic carbocycles. The van der Waals surface area contributed by atoms with Crippen molar-refractivity contribution >= 4 is 29.6 Å². The van der Waals surface area contributed by atoms with Gasteiger partial charge in [0.15, 0.2) is 0 Å². The van der Waals surface area contributed by atoms with Crippen molar-refractivity contribution in [1.82, 2.24) is 0 Å². The lowest BCUT2D eigenvalue weighted by molar-refractivity contribution is 0.249. The van der Waals surface area contributed by atoms with Crippen LogP contribution in [0.3, 0.4) is 0 Å². The molecule has 0 spiro atoms. The lowest BCUT2D eigenvalue weighted by Crippen LogP contribution is -2.48. The molecule has 7 nitrogen and oxygen atoms in total. The van der Waals surface area contributed by atoms with Gasteiger partial charge >= 0.3 is 6.03 Å². The summed E-state index contributed by atoms with van der Waals surface area (Å²) in [5, 5.41) is 0. The molecule has 1 atom stereocenters. The number of furan rings is 1. The number of aliphatic imine (C=N–C) groups is 1. The van der Waals surface area contributed by atoms with Crippen LogP contribution in [0.1, 0.15) is 32.5 Å². The number of urea groups is 1. The molecule has 1 aliphatic rings. The predicted molar refractivity (Wildman–Crippen MR) is 94.5 cm³/mol. The van der Waals surface area contributed by atoms with Crippen molar-refractivity contribution < 1.29 is 9.21 Å². The minimum atomic E-state index is -0.506. The molecule has 0 saturated carbocycles.